The number of hydrogen-bond acceptors (Lipinski definition) is 2. The quantitative estimate of drug-likeness (QED) is 0.711. The Labute approximate surface area is 88.1 Å². The number of carbonyl (C=O) groups excluding carboxylic acids is 1. The second kappa shape index (κ2) is 4.01. The van der Waals surface area contributed by atoms with Gasteiger partial charge in [0.25, 0.3) is 0 Å². The number of hydrogen-bond donors (Lipinski definition) is 0. The predicted molar refractivity (Wildman–Crippen MR) is 54.4 cm³/mol. The van der Waals surface area contributed by atoms with E-state index in [-0.39, 0.29) is 18.0 Å². The molecule has 0 amide bonds. The van der Waals surface area contributed by atoms with Gasteiger partial charge in [-0.1, -0.05) is 18.2 Å². The molecule has 15 heavy (non-hydrogen) atoms. The molecule has 0 atom stereocenters. The molecule has 0 bridgehead atoms. The lowest BCUT2D eigenvalue weighted by Gasteiger charge is -2.10. The molecule has 1 fully saturated rings. The Morgan fingerprint density at radius 2 is 2.00 bits per heavy atom. The second-order valence-corrected chi connectivity index (χ2v) is 4.08. The topological polar surface area (TPSA) is 26.3 Å². The summed E-state index contributed by atoms with van der Waals surface area (Å²) >= 11 is 0. The first kappa shape index (κ1) is 10.1. The molecule has 2 nitrogen and oxygen atoms in total. The number of carbonyl (C=O) groups is 1. The third kappa shape index (κ3) is 2.35. The van der Waals surface area contributed by atoms with Crippen molar-refractivity contribution in [1.29, 1.82) is 0 Å². The molecular weight excluding hydrogens is 195 g/mol. The molecule has 0 saturated heterocycles. The number of esters is 1. The van der Waals surface area contributed by atoms with E-state index in [1.54, 1.807) is 24.3 Å². The van der Waals surface area contributed by atoms with E-state index in [1.807, 2.05) is 6.07 Å². The van der Waals surface area contributed by atoms with Gasteiger partial charge in [0.15, 0.2) is 0 Å². The summed E-state index contributed by atoms with van der Waals surface area (Å²) in [5, 5.41) is 0. The zero-order valence-electron chi connectivity index (χ0n) is 8.41. The van der Waals surface area contributed by atoms with E-state index < -0.39 is 6.67 Å². The Bertz CT molecular complexity index is 344. The highest BCUT2D eigenvalue weighted by atomic mass is 19.1. The van der Waals surface area contributed by atoms with Crippen molar-refractivity contribution in [2.75, 3.05) is 13.3 Å². The van der Waals surface area contributed by atoms with Gasteiger partial charge in [-0.3, -0.25) is 4.39 Å². The highest BCUT2D eigenvalue weighted by Crippen LogP contribution is 2.46. The van der Waals surface area contributed by atoms with E-state index in [9.17, 15) is 9.18 Å². The highest BCUT2D eigenvalue weighted by molar-refractivity contribution is 5.89. The lowest BCUT2D eigenvalue weighted by Crippen LogP contribution is -2.16. The average molecular weight is 208 g/mol. The van der Waals surface area contributed by atoms with E-state index >= 15 is 0 Å². The molecule has 0 aromatic heterocycles. The van der Waals surface area contributed by atoms with Crippen molar-refractivity contribution < 1.29 is 13.9 Å². The van der Waals surface area contributed by atoms with Crippen LogP contribution in [0.4, 0.5) is 4.39 Å². The Morgan fingerprint density at radius 3 is 2.53 bits per heavy atom. The van der Waals surface area contributed by atoms with Crippen LogP contribution in [0, 0.1) is 5.41 Å². The predicted octanol–water partition coefficient (Wildman–Crippen LogP) is 2.59. The molecule has 1 saturated carbocycles. The molecule has 0 N–H and O–H groups in total. The molecule has 1 aliphatic rings. The van der Waals surface area contributed by atoms with Gasteiger partial charge in [0.05, 0.1) is 18.8 Å². The van der Waals surface area contributed by atoms with Crippen LogP contribution in [0.1, 0.15) is 23.2 Å². The number of rotatable bonds is 4. The monoisotopic (exact) mass is 208 g/mol. The van der Waals surface area contributed by atoms with Gasteiger partial charge in [-0.25, -0.2) is 4.79 Å². The van der Waals surface area contributed by atoms with E-state index in [2.05, 4.69) is 0 Å². The second-order valence-electron chi connectivity index (χ2n) is 4.08. The summed E-state index contributed by atoms with van der Waals surface area (Å²) < 4.78 is 17.6. The number of ether oxygens (including phenoxy) is 1. The Hall–Kier alpha value is -1.38. The fourth-order valence-electron chi connectivity index (χ4n) is 1.37. The van der Waals surface area contributed by atoms with E-state index in [1.165, 1.54) is 0 Å². The minimum atomic E-state index is -0.394. The van der Waals surface area contributed by atoms with Crippen LogP contribution < -0.4 is 0 Å². The zero-order chi connectivity index (χ0) is 10.7. The summed E-state index contributed by atoms with van der Waals surface area (Å²) in [4.78, 5) is 11.5. The molecule has 3 heteroatoms. The maximum Gasteiger partial charge on any atom is 0.338 e. The van der Waals surface area contributed by atoms with Crippen molar-refractivity contribution in [3.05, 3.63) is 35.9 Å². The first-order valence-corrected chi connectivity index (χ1v) is 5.04. The SMILES string of the molecule is O=C(OCC1(CF)CC1)c1ccccc1. The lowest BCUT2D eigenvalue weighted by molar-refractivity contribution is 0.0393. The van der Waals surface area contributed by atoms with Crippen LogP contribution in [0.25, 0.3) is 0 Å². The van der Waals surface area contributed by atoms with Gasteiger partial charge in [-0.05, 0) is 25.0 Å². The summed E-state index contributed by atoms with van der Waals surface area (Å²) in [6.45, 7) is -0.188. The van der Waals surface area contributed by atoms with Crippen LogP contribution in [-0.2, 0) is 4.74 Å². The molecule has 0 radical (unpaired) electrons. The van der Waals surface area contributed by atoms with Gasteiger partial charge >= 0.3 is 5.97 Å². The normalized spacial score (nSPS) is 17.1. The molecule has 0 spiro atoms. The third-order valence-electron chi connectivity index (χ3n) is 2.76. The van der Waals surface area contributed by atoms with Crippen LogP contribution in [-0.4, -0.2) is 19.3 Å². The van der Waals surface area contributed by atoms with Crippen LogP contribution >= 0.6 is 0 Å². The fraction of sp³-hybridized carbons (Fsp3) is 0.417. The van der Waals surface area contributed by atoms with Crippen molar-refractivity contribution in [3.8, 4) is 0 Å². The molecule has 1 aromatic rings. The molecule has 1 aliphatic carbocycles. The molecule has 80 valence electrons. The Morgan fingerprint density at radius 1 is 1.33 bits per heavy atom. The maximum atomic E-state index is 12.5. The van der Waals surface area contributed by atoms with Crippen LogP contribution in [0.2, 0.25) is 0 Å². The highest BCUT2D eigenvalue weighted by Gasteiger charge is 2.44. The summed E-state index contributed by atoms with van der Waals surface area (Å²) in [6.07, 6.45) is 1.65. The van der Waals surface area contributed by atoms with Gasteiger partial charge < -0.3 is 4.74 Å². The minimum absolute atomic E-state index is 0.206. The zero-order valence-corrected chi connectivity index (χ0v) is 8.41. The largest absolute Gasteiger partial charge is 0.461 e. The average Bonchev–Trinajstić information content (AvgIpc) is 3.08. The van der Waals surface area contributed by atoms with E-state index in [0.29, 0.717) is 5.56 Å². The number of halogens is 1. The van der Waals surface area contributed by atoms with Gasteiger partial charge in [0.2, 0.25) is 0 Å². The Kier molecular flexibility index (Phi) is 2.71. The minimum Gasteiger partial charge on any atom is -0.461 e. The van der Waals surface area contributed by atoms with Crippen LogP contribution in [0.15, 0.2) is 30.3 Å². The Balaban J connectivity index is 1.88. The standard InChI is InChI=1S/C12H13FO2/c13-8-12(6-7-12)9-15-11(14)10-4-2-1-3-5-10/h1-5H,6-9H2. The van der Waals surface area contributed by atoms with Crippen molar-refractivity contribution in [3.63, 3.8) is 0 Å². The first-order chi connectivity index (χ1) is 7.26. The summed E-state index contributed by atoms with van der Waals surface area (Å²) in [5.74, 6) is -0.365. The van der Waals surface area contributed by atoms with Crippen molar-refractivity contribution in [2.45, 2.75) is 12.8 Å². The molecule has 0 unspecified atom stereocenters. The molecular formula is C12H13FO2. The summed E-state index contributed by atoms with van der Waals surface area (Å²) in [5.41, 5.74) is 0.164. The number of alkyl halides is 1. The molecule has 0 aliphatic heterocycles. The van der Waals surface area contributed by atoms with E-state index in [0.717, 1.165) is 12.8 Å². The van der Waals surface area contributed by atoms with Crippen LogP contribution in [0.3, 0.4) is 0 Å². The molecule has 0 heterocycles. The fourth-order valence-corrected chi connectivity index (χ4v) is 1.37. The summed E-state index contributed by atoms with van der Waals surface area (Å²) in [7, 11) is 0. The molecule has 2 rings (SSSR count). The van der Waals surface area contributed by atoms with Gasteiger partial charge in [-0.2, -0.15) is 0 Å². The third-order valence-corrected chi connectivity index (χ3v) is 2.76. The van der Waals surface area contributed by atoms with Gasteiger partial charge in [0.1, 0.15) is 0 Å². The summed E-state index contributed by atoms with van der Waals surface area (Å²) in [6, 6.07) is 8.77. The van der Waals surface area contributed by atoms with Gasteiger partial charge in [0, 0.05) is 5.41 Å². The first-order valence-electron chi connectivity index (χ1n) is 5.04. The van der Waals surface area contributed by atoms with Crippen LogP contribution in [0.5, 0.6) is 0 Å². The van der Waals surface area contributed by atoms with Gasteiger partial charge in [-0.15, -0.1) is 0 Å². The molecule has 1 aromatic carbocycles. The lowest BCUT2D eigenvalue weighted by atomic mass is 10.1. The smallest absolute Gasteiger partial charge is 0.338 e. The maximum absolute atomic E-state index is 12.5. The van der Waals surface area contributed by atoms with Crippen molar-refractivity contribution in [1.82, 2.24) is 0 Å². The van der Waals surface area contributed by atoms with Crippen molar-refractivity contribution >= 4 is 5.97 Å². The number of benzene rings is 1. The van der Waals surface area contributed by atoms with E-state index in [4.69, 9.17) is 4.74 Å². The van der Waals surface area contributed by atoms with Crippen molar-refractivity contribution in [2.24, 2.45) is 5.41 Å².